The molecule has 21 heavy (non-hydrogen) atoms. The Bertz CT molecular complexity index is 460. The van der Waals surface area contributed by atoms with Crippen molar-refractivity contribution in [2.75, 3.05) is 0 Å². The average Bonchev–Trinajstić information content (AvgIpc) is 2.76. The Balaban J connectivity index is 1.64. The number of hydrogen-bond donors (Lipinski definition) is 0. The van der Waals surface area contributed by atoms with E-state index >= 15 is 0 Å². The van der Waals surface area contributed by atoms with Gasteiger partial charge in [0.15, 0.2) is 0 Å². The molecule has 4 rings (SSSR count). The summed E-state index contributed by atoms with van der Waals surface area (Å²) in [6, 6.07) is 0. The molecule has 118 valence electrons. The van der Waals surface area contributed by atoms with Gasteiger partial charge in [0.05, 0.1) is 0 Å². The zero-order chi connectivity index (χ0) is 14.8. The first-order valence-electron chi connectivity index (χ1n) is 9.12. The smallest absolute Gasteiger partial charge is 0.139 e. The van der Waals surface area contributed by atoms with E-state index in [4.69, 9.17) is 0 Å². The third-order valence-corrected chi connectivity index (χ3v) is 8.31. The van der Waals surface area contributed by atoms with E-state index in [0.717, 1.165) is 50.4 Å². The van der Waals surface area contributed by atoms with Gasteiger partial charge in [-0.3, -0.25) is 4.79 Å². The van der Waals surface area contributed by atoms with E-state index in [-0.39, 0.29) is 5.41 Å². The lowest BCUT2D eigenvalue weighted by atomic mass is 9.45. The van der Waals surface area contributed by atoms with Crippen LogP contribution in [0.3, 0.4) is 0 Å². The van der Waals surface area contributed by atoms with Gasteiger partial charge < -0.3 is 0 Å². The van der Waals surface area contributed by atoms with Gasteiger partial charge in [-0.15, -0.1) is 0 Å². The normalized spacial score (nSPS) is 56.5. The van der Waals surface area contributed by atoms with Crippen LogP contribution in [0.4, 0.5) is 4.39 Å². The zero-order valence-electron chi connectivity index (χ0n) is 13.5. The Morgan fingerprint density at radius 3 is 2.62 bits per heavy atom. The largest absolute Gasteiger partial charge is 0.299 e. The molecule has 0 amide bonds. The minimum atomic E-state index is -0.554. The molecule has 0 spiro atoms. The Labute approximate surface area is 128 Å². The van der Waals surface area contributed by atoms with E-state index < -0.39 is 6.17 Å². The highest BCUT2D eigenvalue weighted by Crippen LogP contribution is 2.65. The van der Waals surface area contributed by atoms with Crippen molar-refractivity contribution in [3.8, 4) is 0 Å². The van der Waals surface area contributed by atoms with E-state index in [1.54, 1.807) is 0 Å². The van der Waals surface area contributed by atoms with Gasteiger partial charge in [-0.1, -0.05) is 13.8 Å². The molecule has 4 fully saturated rings. The molecule has 4 aliphatic rings. The van der Waals surface area contributed by atoms with Crippen LogP contribution in [0.2, 0.25) is 0 Å². The predicted molar refractivity (Wildman–Crippen MR) is 81.6 cm³/mol. The third-order valence-electron chi connectivity index (χ3n) is 8.31. The van der Waals surface area contributed by atoms with Crippen LogP contribution in [0.15, 0.2) is 0 Å². The molecule has 0 aromatic heterocycles. The average molecular weight is 292 g/mol. The van der Waals surface area contributed by atoms with E-state index in [1.807, 2.05) is 0 Å². The summed E-state index contributed by atoms with van der Waals surface area (Å²) in [6.07, 6.45) is 8.83. The van der Waals surface area contributed by atoms with Crippen LogP contribution in [0.5, 0.6) is 0 Å². The van der Waals surface area contributed by atoms with Gasteiger partial charge in [0.1, 0.15) is 12.0 Å². The fourth-order valence-electron chi connectivity index (χ4n) is 6.98. The molecular weight excluding hydrogens is 263 g/mol. The van der Waals surface area contributed by atoms with E-state index in [1.165, 1.54) is 19.3 Å². The summed E-state index contributed by atoms with van der Waals surface area (Å²) in [4.78, 5) is 12.4. The Morgan fingerprint density at radius 2 is 1.81 bits per heavy atom. The number of carbonyl (C=O) groups is 1. The number of rotatable bonds is 0. The molecule has 0 aliphatic heterocycles. The lowest BCUT2D eigenvalue weighted by molar-refractivity contribution is -0.140. The van der Waals surface area contributed by atoms with Gasteiger partial charge in [-0.2, -0.15) is 0 Å². The minimum absolute atomic E-state index is 0.0122. The zero-order valence-corrected chi connectivity index (χ0v) is 13.5. The van der Waals surface area contributed by atoms with Gasteiger partial charge in [0.25, 0.3) is 0 Å². The van der Waals surface area contributed by atoms with Crippen molar-refractivity contribution in [2.24, 2.45) is 34.5 Å². The van der Waals surface area contributed by atoms with Crippen LogP contribution in [-0.2, 0) is 4.79 Å². The third kappa shape index (κ3) is 1.83. The maximum absolute atomic E-state index is 13.8. The van der Waals surface area contributed by atoms with Crippen molar-refractivity contribution in [3.05, 3.63) is 0 Å². The summed E-state index contributed by atoms with van der Waals surface area (Å²) in [5.41, 5.74) is 0.347. The van der Waals surface area contributed by atoms with Crippen molar-refractivity contribution in [1.82, 2.24) is 0 Å². The molecule has 4 saturated carbocycles. The predicted octanol–water partition coefficient (Wildman–Crippen LogP) is 4.94. The topological polar surface area (TPSA) is 17.1 Å². The summed E-state index contributed by atoms with van der Waals surface area (Å²) in [6.45, 7) is 4.70. The molecule has 7 atom stereocenters. The lowest BCUT2D eigenvalue weighted by Crippen LogP contribution is -2.53. The number of halogens is 1. The highest BCUT2D eigenvalue weighted by Gasteiger charge is 2.60. The van der Waals surface area contributed by atoms with Crippen LogP contribution < -0.4 is 0 Å². The van der Waals surface area contributed by atoms with Crippen molar-refractivity contribution in [1.29, 1.82) is 0 Å². The summed E-state index contributed by atoms with van der Waals surface area (Å²) in [5.74, 6) is 3.26. The van der Waals surface area contributed by atoms with E-state index in [0.29, 0.717) is 23.0 Å². The van der Waals surface area contributed by atoms with Crippen LogP contribution >= 0.6 is 0 Å². The molecule has 0 unspecified atom stereocenters. The van der Waals surface area contributed by atoms with Crippen molar-refractivity contribution >= 4 is 5.78 Å². The highest BCUT2D eigenvalue weighted by molar-refractivity contribution is 5.87. The van der Waals surface area contributed by atoms with Crippen LogP contribution in [0.1, 0.15) is 71.6 Å². The van der Waals surface area contributed by atoms with E-state index in [2.05, 4.69) is 13.8 Å². The number of hydrogen-bond acceptors (Lipinski definition) is 1. The summed E-state index contributed by atoms with van der Waals surface area (Å²) in [7, 11) is 0. The first kappa shape index (κ1) is 14.2. The molecule has 0 bridgehead atoms. The molecule has 1 nitrogen and oxygen atoms in total. The molecule has 0 aromatic carbocycles. The molecule has 4 aliphatic carbocycles. The SMILES string of the molecule is C[C@]12CC[C@@H](F)C[C@@H]1CC[C@@H]1[C@@H]2CC[C@]2(C)C(=O)CC[C@@H]12. The number of fused-ring (bicyclic) bond motifs is 5. The van der Waals surface area contributed by atoms with Gasteiger partial charge in [-0.25, -0.2) is 4.39 Å². The second kappa shape index (κ2) is 4.55. The minimum Gasteiger partial charge on any atom is -0.299 e. The molecule has 0 aromatic rings. The number of ketones is 1. The molecule has 0 N–H and O–H groups in total. The second-order valence-electron chi connectivity index (χ2n) is 8.95. The first-order chi connectivity index (χ1) is 9.95. The molecular formula is C19H29FO. The van der Waals surface area contributed by atoms with Gasteiger partial charge >= 0.3 is 0 Å². The number of Topliss-reactive ketones (excluding diaryl/α,β-unsaturated/α-hetero) is 1. The quantitative estimate of drug-likeness (QED) is 0.618. The summed E-state index contributed by atoms with van der Waals surface area (Å²) >= 11 is 0. The Hall–Kier alpha value is -0.400. The first-order valence-corrected chi connectivity index (χ1v) is 9.12. The van der Waals surface area contributed by atoms with E-state index in [9.17, 15) is 9.18 Å². The number of alkyl halides is 1. The molecule has 0 radical (unpaired) electrons. The van der Waals surface area contributed by atoms with Crippen molar-refractivity contribution in [2.45, 2.75) is 77.8 Å². The van der Waals surface area contributed by atoms with Gasteiger partial charge in [0.2, 0.25) is 0 Å². The van der Waals surface area contributed by atoms with Crippen molar-refractivity contribution in [3.63, 3.8) is 0 Å². The fourth-order valence-corrected chi connectivity index (χ4v) is 6.98. The van der Waals surface area contributed by atoms with Crippen LogP contribution in [-0.4, -0.2) is 12.0 Å². The second-order valence-corrected chi connectivity index (χ2v) is 8.95. The summed E-state index contributed by atoms with van der Waals surface area (Å²) < 4.78 is 13.8. The molecule has 0 heterocycles. The Morgan fingerprint density at radius 1 is 1.00 bits per heavy atom. The summed E-state index contributed by atoms with van der Waals surface area (Å²) in [5, 5.41) is 0. The van der Waals surface area contributed by atoms with Crippen LogP contribution in [0, 0.1) is 34.5 Å². The van der Waals surface area contributed by atoms with Gasteiger partial charge in [0, 0.05) is 11.8 Å². The maximum Gasteiger partial charge on any atom is 0.139 e. The van der Waals surface area contributed by atoms with Gasteiger partial charge in [-0.05, 0) is 80.5 Å². The van der Waals surface area contributed by atoms with Crippen LogP contribution in [0.25, 0.3) is 0 Å². The van der Waals surface area contributed by atoms with Crippen molar-refractivity contribution < 1.29 is 9.18 Å². The Kier molecular flexibility index (Phi) is 3.08. The maximum atomic E-state index is 13.8. The molecule has 0 saturated heterocycles. The number of carbonyl (C=O) groups excluding carboxylic acids is 1. The monoisotopic (exact) mass is 292 g/mol. The standard InChI is InChI=1S/C19H29FO/c1-18-9-7-13(20)11-12(18)3-4-14-15-5-6-17(21)19(15,2)10-8-16(14)18/h12-16H,3-11H2,1-2H3/t12-,13+,14-,15-,16-,18-,19-/m0/s1. The molecule has 2 heteroatoms. The lowest BCUT2D eigenvalue weighted by Gasteiger charge is -2.59. The highest BCUT2D eigenvalue weighted by atomic mass is 19.1. The fraction of sp³-hybridized carbons (Fsp3) is 0.947.